The molecule has 3 amide bonds. The van der Waals surface area contributed by atoms with Crippen molar-refractivity contribution in [1.29, 1.82) is 0 Å². The van der Waals surface area contributed by atoms with E-state index in [2.05, 4.69) is 5.32 Å². The highest BCUT2D eigenvalue weighted by atomic mass is 16.2. The maximum absolute atomic E-state index is 13.1. The Balaban J connectivity index is 1.40. The third-order valence-corrected chi connectivity index (χ3v) is 5.84. The van der Waals surface area contributed by atoms with Crippen LogP contribution in [-0.2, 0) is 15.0 Å². The molecule has 0 saturated carbocycles. The zero-order valence-corrected chi connectivity index (χ0v) is 18.3. The minimum absolute atomic E-state index is 0.0726. The predicted octanol–water partition coefficient (Wildman–Crippen LogP) is 2.85. The highest BCUT2D eigenvalue weighted by Crippen LogP contribution is 2.26. The lowest BCUT2D eigenvalue weighted by Gasteiger charge is -2.39. The lowest BCUT2D eigenvalue weighted by atomic mass is 9.83. The molecule has 2 aromatic rings. The Morgan fingerprint density at radius 3 is 2.00 bits per heavy atom. The van der Waals surface area contributed by atoms with E-state index in [0.29, 0.717) is 51.1 Å². The van der Waals surface area contributed by atoms with E-state index >= 15 is 0 Å². The molecule has 6 nitrogen and oxygen atoms in total. The van der Waals surface area contributed by atoms with Crippen LogP contribution in [0.3, 0.4) is 0 Å². The van der Waals surface area contributed by atoms with Gasteiger partial charge < -0.3 is 15.1 Å². The van der Waals surface area contributed by atoms with E-state index in [-0.39, 0.29) is 17.7 Å². The molecule has 1 saturated heterocycles. The quantitative estimate of drug-likeness (QED) is 0.699. The number of nitrogens with zero attached hydrogens (tertiary/aromatic N) is 2. The number of piperazine rings is 1. The standard InChI is InChI=1S/C25H31N3O3/c1-25(2,21-12-7-4-8-13-21)24(31)28-18-16-27(17-19-28)22(29)14-9-15-26-23(30)20-10-5-3-6-11-20/h3-8,10-13H,9,14-19H2,1-2H3,(H,26,30). The number of carbonyl (C=O) groups excluding carboxylic acids is 3. The molecular formula is C25H31N3O3. The lowest BCUT2D eigenvalue weighted by Crippen LogP contribution is -2.54. The molecule has 0 atom stereocenters. The van der Waals surface area contributed by atoms with Gasteiger partial charge in [0.05, 0.1) is 5.41 Å². The van der Waals surface area contributed by atoms with Crippen molar-refractivity contribution < 1.29 is 14.4 Å². The zero-order chi connectivity index (χ0) is 22.3. The summed E-state index contributed by atoms with van der Waals surface area (Å²) in [6.45, 7) is 6.55. The van der Waals surface area contributed by atoms with Gasteiger partial charge in [0.25, 0.3) is 5.91 Å². The highest BCUT2D eigenvalue weighted by molar-refractivity contribution is 5.94. The number of nitrogens with one attached hydrogen (secondary N) is 1. The van der Waals surface area contributed by atoms with Crippen molar-refractivity contribution in [1.82, 2.24) is 15.1 Å². The number of rotatable bonds is 7. The Kier molecular flexibility index (Phi) is 7.45. The van der Waals surface area contributed by atoms with Crippen LogP contribution in [0.15, 0.2) is 60.7 Å². The maximum atomic E-state index is 13.1. The van der Waals surface area contributed by atoms with Gasteiger partial charge in [0.1, 0.15) is 0 Å². The van der Waals surface area contributed by atoms with Crippen LogP contribution < -0.4 is 5.32 Å². The molecule has 0 spiro atoms. The predicted molar refractivity (Wildman–Crippen MR) is 121 cm³/mol. The molecule has 31 heavy (non-hydrogen) atoms. The third kappa shape index (κ3) is 5.72. The second kappa shape index (κ2) is 10.2. The van der Waals surface area contributed by atoms with Gasteiger partial charge in [0, 0.05) is 44.7 Å². The van der Waals surface area contributed by atoms with E-state index in [1.165, 1.54) is 0 Å². The normalized spacial score (nSPS) is 14.3. The molecule has 0 aliphatic carbocycles. The van der Waals surface area contributed by atoms with E-state index in [1.54, 1.807) is 12.1 Å². The molecule has 0 aromatic heterocycles. The highest BCUT2D eigenvalue weighted by Gasteiger charge is 2.35. The minimum Gasteiger partial charge on any atom is -0.352 e. The topological polar surface area (TPSA) is 69.7 Å². The van der Waals surface area contributed by atoms with Crippen molar-refractivity contribution in [2.24, 2.45) is 0 Å². The van der Waals surface area contributed by atoms with Crippen LogP contribution in [0.2, 0.25) is 0 Å². The Hall–Kier alpha value is -3.15. The summed E-state index contributed by atoms with van der Waals surface area (Å²) in [7, 11) is 0. The molecule has 0 bridgehead atoms. The van der Waals surface area contributed by atoms with E-state index in [1.807, 2.05) is 72.2 Å². The average molecular weight is 422 g/mol. The van der Waals surface area contributed by atoms with Crippen molar-refractivity contribution in [2.75, 3.05) is 32.7 Å². The van der Waals surface area contributed by atoms with Crippen molar-refractivity contribution in [2.45, 2.75) is 32.1 Å². The number of hydrogen-bond donors (Lipinski definition) is 1. The van der Waals surface area contributed by atoms with Crippen molar-refractivity contribution >= 4 is 17.7 Å². The van der Waals surface area contributed by atoms with Gasteiger partial charge in [-0.3, -0.25) is 14.4 Å². The number of benzene rings is 2. The van der Waals surface area contributed by atoms with Gasteiger partial charge in [-0.05, 0) is 38.0 Å². The second-order valence-corrected chi connectivity index (χ2v) is 8.39. The zero-order valence-electron chi connectivity index (χ0n) is 18.3. The van der Waals surface area contributed by atoms with Crippen LogP contribution in [0.25, 0.3) is 0 Å². The van der Waals surface area contributed by atoms with Crippen molar-refractivity contribution in [3.63, 3.8) is 0 Å². The summed E-state index contributed by atoms with van der Waals surface area (Å²) in [6.07, 6.45) is 0.982. The van der Waals surface area contributed by atoms with Gasteiger partial charge in [-0.15, -0.1) is 0 Å². The molecule has 6 heteroatoms. The van der Waals surface area contributed by atoms with Crippen molar-refractivity contribution in [3.05, 3.63) is 71.8 Å². The van der Waals surface area contributed by atoms with Crippen LogP contribution in [0, 0.1) is 0 Å². The summed E-state index contributed by atoms with van der Waals surface area (Å²) in [5.74, 6) is 0.0407. The van der Waals surface area contributed by atoms with Crippen LogP contribution >= 0.6 is 0 Å². The lowest BCUT2D eigenvalue weighted by molar-refractivity contribution is -0.142. The number of carbonyl (C=O) groups is 3. The molecule has 164 valence electrons. The van der Waals surface area contributed by atoms with Gasteiger partial charge in [0.15, 0.2) is 0 Å². The fourth-order valence-corrected chi connectivity index (χ4v) is 3.82. The van der Waals surface area contributed by atoms with Crippen LogP contribution in [0.1, 0.15) is 42.6 Å². The van der Waals surface area contributed by atoms with E-state index < -0.39 is 5.41 Å². The summed E-state index contributed by atoms with van der Waals surface area (Å²) in [5.41, 5.74) is 1.02. The molecule has 1 N–H and O–H groups in total. The van der Waals surface area contributed by atoms with E-state index in [4.69, 9.17) is 0 Å². The molecule has 2 aromatic carbocycles. The van der Waals surface area contributed by atoms with E-state index in [0.717, 1.165) is 5.56 Å². The first-order valence-corrected chi connectivity index (χ1v) is 10.9. The summed E-state index contributed by atoms with van der Waals surface area (Å²) in [6, 6.07) is 18.8. The Labute approximate surface area is 184 Å². The first kappa shape index (κ1) is 22.5. The SMILES string of the molecule is CC(C)(C(=O)N1CCN(C(=O)CCCNC(=O)c2ccccc2)CC1)c1ccccc1. The Morgan fingerprint density at radius 2 is 1.39 bits per heavy atom. The van der Waals surface area contributed by atoms with Gasteiger partial charge in [-0.25, -0.2) is 0 Å². The molecule has 0 radical (unpaired) electrons. The van der Waals surface area contributed by atoms with E-state index in [9.17, 15) is 14.4 Å². The molecule has 1 heterocycles. The number of amides is 3. The molecule has 1 aliphatic heterocycles. The molecule has 1 aliphatic rings. The van der Waals surface area contributed by atoms with Crippen LogP contribution in [0.5, 0.6) is 0 Å². The third-order valence-electron chi connectivity index (χ3n) is 5.84. The fourth-order valence-electron chi connectivity index (χ4n) is 3.82. The second-order valence-electron chi connectivity index (χ2n) is 8.39. The van der Waals surface area contributed by atoms with Gasteiger partial charge >= 0.3 is 0 Å². The molecule has 0 unspecified atom stereocenters. The minimum atomic E-state index is -0.593. The summed E-state index contributed by atoms with van der Waals surface area (Å²) in [5, 5.41) is 2.85. The Morgan fingerprint density at radius 1 is 0.839 bits per heavy atom. The van der Waals surface area contributed by atoms with Crippen molar-refractivity contribution in [3.8, 4) is 0 Å². The molecule has 1 fully saturated rings. The largest absolute Gasteiger partial charge is 0.352 e. The first-order chi connectivity index (χ1) is 14.9. The molecule has 3 rings (SSSR count). The molecular weight excluding hydrogens is 390 g/mol. The summed E-state index contributed by atoms with van der Waals surface area (Å²) < 4.78 is 0. The van der Waals surface area contributed by atoms with Crippen LogP contribution in [0.4, 0.5) is 0 Å². The summed E-state index contributed by atoms with van der Waals surface area (Å²) >= 11 is 0. The first-order valence-electron chi connectivity index (χ1n) is 10.9. The van der Waals surface area contributed by atoms with Gasteiger partial charge in [0.2, 0.25) is 11.8 Å². The van der Waals surface area contributed by atoms with Crippen LogP contribution in [-0.4, -0.2) is 60.2 Å². The van der Waals surface area contributed by atoms with Gasteiger partial charge in [-0.2, -0.15) is 0 Å². The Bertz CT molecular complexity index is 889. The monoisotopic (exact) mass is 421 g/mol. The van der Waals surface area contributed by atoms with Gasteiger partial charge in [-0.1, -0.05) is 48.5 Å². The number of hydrogen-bond acceptors (Lipinski definition) is 3. The summed E-state index contributed by atoms with van der Waals surface area (Å²) in [4.78, 5) is 41.3. The fraction of sp³-hybridized carbons (Fsp3) is 0.400. The average Bonchev–Trinajstić information content (AvgIpc) is 2.82. The smallest absolute Gasteiger partial charge is 0.251 e. The maximum Gasteiger partial charge on any atom is 0.251 e.